The van der Waals surface area contributed by atoms with Gasteiger partial charge in [0.05, 0.1) is 6.42 Å². The normalized spacial score (nSPS) is 12.2. The Morgan fingerprint density at radius 1 is 1.37 bits per heavy atom. The summed E-state index contributed by atoms with van der Waals surface area (Å²) in [5, 5.41) is 2.69. The van der Waals surface area contributed by atoms with Crippen LogP contribution in [0.3, 0.4) is 0 Å². The molecular weight excluding hydrogens is 250 g/mol. The van der Waals surface area contributed by atoms with Gasteiger partial charge in [-0.3, -0.25) is 4.79 Å². The molecule has 1 atom stereocenters. The number of carbonyl (C=O) groups is 1. The fraction of sp³-hybridized carbons (Fsp3) is 0.500. The van der Waals surface area contributed by atoms with E-state index in [9.17, 15) is 13.6 Å². The van der Waals surface area contributed by atoms with E-state index in [1.54, 1.807) is 0 Å². The molecule has 0 bridgehead atoms. The Morgan fingerprint density at radius 3 is 2.53 bits per heavy atom. The molecule has 0 heterocycles. The van der Waals surface area contributed by atoms with Crippen LogP contribution in [-0.2, 0) is 11.2 Å². The van der Waals surface area contributed by atoms with Gasteiger partial charge in [0.1, 0.15) is 11.6 Å². The predicted octanol–water partition coefficient (Wildman–Crippen LogP) is 2.00. The lowest BCUT2D eigenvalue weighted by Gasteiger charge is -2.14. The fourth-order valence-electron chi connectivity index (χ4n) is 1.87. The number of hydrogen-bond donors (Lipinski definition) is 2. The molecule has 0 spiro atoms. The molecule has 106 valence electrons. The molecule has 0 radical (unpaired) electrons. The minimum absolute atomic E-state index is 0.188. The van der Waals surface area contributed by atoms with E-state index in [4.69, 9.17) is 5.73 Å². The van der Waals surface area contributed by atoms with Gasteiger partial charge in [-0.1, -0.05) is 19.4 Å². The van der Waals surface area contributed by atoms with E-state index in [-0.39, 0.29) is 17.9 Å². The summed E-state index contributed by atoms with van der Waals surface area (Å²) in [6.45, 7) is 3.07. The fourth-order valence-corrected chi connectivity index (χ4v) is 1.87. The highest BCUT2D eigenvalue weighted by Gasteiger charge is 2.14. The Bertz CT molecular complexity index is 404. The molecule has 3 nitrogen and oxygen atoms in total. The highest BCUT2D eigenvalue weighted by Crippen LogP contribution is 2.12. The lowest BCUT2D eigenvalue weighted by molar-refractivity contribution is -0.120. The minimum atomic E-state index is -0.691. The molecule has 0 aliphatic heterocycles. The highest BCUT2D eigenvalue weighted by atomic mass is 19.1. The molecular formula is C14H20F2N2O. The first-order chi connectivity index (χ1) is 9.08. The number of halogens is 2. The molecule has 0 saturated heterocycles. The van der Waals surface area contributed by atoms with Crippen LogP contribution in [0.4, 0.5) is 8.78 Å². The van der Waals surface area contributed by atoms with Gasteiger partial charge in [-0.25, -0.2) is 8.78 Å². The number of rotatable bonds is 7. The Kier molecular flexibility index (Phi) is 6.42. The molecule has 1 unspecified atom stereocenters. The number of amides is 1. The van der Waals surface area contributed by atoms with Gasteiger partial charge in [0, 0.05) is 12.1 Å². The molecule has 0 saturated carbocycles. The van der Waals surface area contributed by atoms with Crippen LogP contribution < -0.4 is 11.1 Å². The monoisotopic (exact) mass is 270 g/mol. The smallest absolute Gasteiger partial charge is 0.224 e. The zero-order chi connectivity index (χ0) is 14.3. The quantitative estimate of drug-likeness (QED) is 0.796. The summed E-state index contributed by atoms with van der Waals surface area (Å²) in [6, 6.07) is 3.57. The Hall–Kier alpha value is -1.49. The third kappa shape index (κ3) is 4.95. The van der Waals surface area contributed by atoms with Crippen molar-refractivity contribution in [3.05, 3.63) is 35.4 Å². The van der Waals surface area contributed by atoms with E-state index >= 15 is 0 Å². The molecule has 19 heavy (non-hydrogen) atoms. The van der Waals surface area contributed by atoms with Crippen LogP contribution in [0.2, 0.25) is 0 Å². The first kappa shape index (κ1) is 15.6. The topological polar surface area (TPSA) is 55.1 Å². The molecule has 0 fully saturated rings. The second kappa shape index (κ2) is 7.84. The predicted molar refractivity (Wildman–Crippen MR) is 70.5 cm³/mol. The molecule has 3 N–H and O–H groups in total. The van der Waals surface area contributed by atoms with Crippen LogP contribution in [-0.4, -0.2) is 19.0 Å². The lowest BCUT2D eigenvalue weighted by atomic mass is 10.0. The van der Waals surface area contributed by atoms with Crippen molar-refractivity contribution >= 4 is 5.91 Å². The van der Waals surface area contributed by atoms with E-state index in [0.717, 1.165) is 25.0 Å². The van der Waals surface area contributed by atoms with E-state index in [0.29, 0.717) is 19.0 Å². The summed E-state index contributed by atoms with van der Waals surface area (Å²) in [5.41, 5.74) is 5.27. The summed E-state index contributed by atoms with van der Waals surface area (Å²) in [5.74, 6) is -1.45. The SMILES string of the molecule is CCC(CCN)CNC(=O)Cc1c(F)cccc1F. The Balaban J connectivity index is 2.51. The van der Waals surface area contributed by atoms with Gasteiger partial charge >= 0.3 is 0 Å². The summed E-state index contributed by atoms with van der Waals surface area (Å²) >= 11 is 0. The van der Waals surface area contributed by atoms with Crippen molar-refractivity contribution < 1.29 is 13.6 Å². The van der Waals surface area contributed by atoms with Crippen LogP contribution in [0.25, 0.3) is 0 Å². The maximum Gasteiger partial charge on any atom is 0.224 e. The van der Waals surface area contributed by atoms with Crippen LogP contribution >= 0.6 is 0 Å². The first-order valence-electron chi connectivity index (χ1n) is 6.48. The molecule has 0 aliphatic carbocycles. The van der Waals surface area contributed by atoms with E-state index in [2.05, 4.69) is 5.32 Å². The lowest BCUT2D eigenvalue weighted by Crippen LogP contribution is -2.31. The van der Waals surface area contributed by atoms with Crippen molar-refractivity contribution in [1.29, 1.82) is 0 Å². The Morgan fingerprint density at radius 2 is 2.00 bits per heavy atom. The van der Waals surface area contributed by atoms with Gasteiger partial charge in [0.25, 0.3) is 0 Å². The number of carbonyl (C=O) groups excluding carboxylic acids is 1. The van der Waals surface area contributed by atoms with E-state index < -0.39 is 11.6 Å². The zero-order valence-corrected chi connectivity index (χ0v) is 11.1. The largest absolute Gasteiger partial charge is 0.356 e. The summed E-state index contributed by atoms with van der Waals surface area (Å²) < 4.78 is 26.7. The van der Waals surface area contributed by atoms with Crippen molar-refractivity contribution in [3.63, 3.8) is 0 Å². The van der Waals surface area contributed by atoms with Gasteiger partial charge in [0.15, 0.2) is 0 Å². The molecule has 1 aromatic carbocycles. The average Bonchev–Trinajstić information content (AvgIpc) is 2.39. The molecule has 0 aromatic heterocycles. The second-order valence-corrected chi connectivity index (χ2v) is 4.53. The van der Waals surface area contributed by atoms with Gasteiger partial charge < -0.3 is 11.1 Å². The molecule has 1 aromatic rings. The van der Waals surface area contributed by atoms with E-state index in [1.807, 2.05) is 6.92 Å². The van der Waals surface area contributed by atoms with Crippen molar-refractivity contribution in [3.8, 4) is 0 Å². The molecule has 0 aliphatic rings. The number of benzene rings is 1. The van der Waals surface area contributed by atoms with Gasteiger partial charge in [0.2, 0.25) is 5.91 Å². The van der Waals surface area contributed by atoms with Crippen LogP contribution in [0.5, 0.6) is 0 Å². The third-order valence-corrected chi connectivity index (χ3v) is 3.14. The third-order valence-electron chi connectivity index (χ3n) is 3.14. The standard InChI is InChI=1S/C14H20F2N2O/c1-2-10(6-7-17)9-18-14(19)8-11-12(15)4-3-5-13(11)16/h3-5,10H,2,6-9,17H2,1H3,(H,18,19). The van der Waals surface area contributed by atoms with Crippen molar-refractivity contribution in [2.75, 3.05) is 13.1 Å². The first-order valence-corrected chi connectivity index (χ1v) is 6.48. The average molecular weight is 270 g/mol. The highest BCUT2D eigenvalue weighted by molar-refractivity contribution is 5.78. The molecule has 1 amide bonds. The molecule has 5 heteroatoms. The van der Waals surface area contributed by atoms with Crippen molar-refractivity contribution in [2.24, 2.45) is 11.7 Å². The number of hydrogen-bond acceptors (Lipinski definition) is 2. The van der Waals surface area contributed by atoms with Gasteiger partial charge in [-0.15, -0.1) is 0 Å². The summed E-state index contributed by atoms with van der Waals surface area (Å²) in [6.07, 6.45) is 1.45. The maximum absolute atomic E-state index is 13.4. The van der Waals surface area contributed by atoms with Crippen LogP contribution in [0.1, 0.15) is 25.3 Å². The number of nitrogens with one attached hydrogen (secondary N) is 1. The Labute approximate surface area is 112 Å². The van der Waals surface area contributed by atoms with Crippen LogP contribution in [0, 0.1) is 17.6 Å². The summed E-state index contributed by atoms with van der Waals surface area (Å²) in [4.78, 5) is 11.7. The number of nitrogens with two attached hydrogens (primary N) is 1. The van der Waals surface area contributed by atoms with Crippen LogP contribution in [0.15, 0.2) is 18.2 Å². The van der Waals surface area contributed by atoms with Crippen molar-refractivity contribution in [1.82, 2.24) is 5.32 Å². The maximum atomic E-state index is 13.4. The van der Waals surface area contributed by atoms with Gasteiger partial charge in [-0.05, 0) is 31.0 Å². The van der Waals surface area contributed by atoms with Gasteiger partial charge in [-0.2, -0.15) is 0 Å². The van der Waals surface area contributed by atoms with E-state index in [1.165, 1.54) is 6.07 Å². The zero-order valence-electron chi connectivity index (χ0n) is 11.1. The molecule has 1 rings (SSSR count). The summed E-state index contributed by atoms with van der Waals surface area (Å²) in [7, 11) is 0. The second-order valence-electron chi connectivity index (χ2n) is 4.53. The van der Waals surface area contributed by atoms with Crippen molar-refractivity contribution in [2.45, 2.75) is 26.2 Å². The minimum Gasteiger partial charge on any atom is -0.356 e.